The van der Waals surface area contributed by atoms with Crippen LogP contribution in [0.5, 0.6) is 0 Å². The highest BCUT2D eigenvalue weighted by molar-refractivity contribution is 5.87. The van der Waals surface area contributed by atoms with E-state index < -0.39 is 6.04 Å². The molecule has 3 aromatic rings. The van der Waals surface area contributed by atoms with Gasteiger partial charge in [0.05, 0.1) is 12.8 Å². The Morgan fingerprint density at radius 1 is 1.21 bits per heavy atom. The zero-order valence-electron chi connectivity index (χ0n) is 19.1. The minimum atomic E-state index is -0.671. The van der Waals surface area contributed by atoms with E-state index in [1.807, 2.05) is 6.92 Å². The number of amides is 2. The molecule has 2 heterocycles. The first-order chi connectivity index (χ1) is 15.9. The van der Waals surface area contributed by atoms with Crippen LogP contribution in [0.15, 0.2) is 47.1 Å². The molecule has 0 bridgehead atoms. The highest BCUT2D eigenvalue weighted by Gasteiger charge is 2.29. The lowest BCUT2D eigenvalue weighted by atomic mass is 10.1. The van der Waals surface area contributed by atoms with Gasteiger partial charge in [-0.1, -0.05) is 20.8 Å². The third kappa shape index (κ3) is 6.71. The Bertz CT molecular complexity index is 1030. The zero-order chi connectivity index (χ0) is 23.8. The Labute approximate surface area is 192 Å². The molecule has 0 saturated carbocycles. The van der Waals surface area contributed by atoms with Gasteiger partial charge in [-0.3, -0.25) is 9.59 Å². The van der Waals surface area contributed by atoms with Crippen LogP contribution in [0.2, 0.25) is 0 Å². The predicted octanol–water partition coefficient (Wildman–Crippen LogP) is 3.04. The number of hydrogen-bond donors (Lipinski definition) is 1. The van der Waals surface area contributed by atoms with Gasteiger partial charge < -0.3 is 14.6 Å². The van der Waals surface area contributed by atoms with Crippen LogP contribution in [0.1, 0.15) is 39.4 Å². The number of carbonyl (C=O) groups excluding carboxylic acids is 2. The second-order valence-corrected chi connectivity index (χ2v) is 8.15. The standard InChI is InChI=1S/C23H29FN6O3/c1-4-20(23(32)25-12-11-16(2)3)29(14-19-6-5-13-33-19)21(31)15-30-27-22(26-28-30)17-7-9-18(24)10-8-17/h5-10,13,16,20H,4,11-12,14-15H2,1-3H3,(H,25,32). The lowest BCUT2D eigenvalue weighted by Crippen LogP contribution is -2.50. The number of rotatable bonds is 11. The number of aromatic nitrogens is 4. The molecule has 0 spiro atoms. The normalized spacial score (nSPS) is 12.0. The predicted molar refractivity (Wildman–Crippen MR) is 119 cm³/mol. The van der Waals surface area contributed by atoms with Gasteiger partial charge in [0, 0.05) is 12.1 Å². The first-order valence-corrected chi connectivity index (χ1v) is 11.0. The SMILES string of the molecule is CCC(C(=O)NCCC(C)C)N(Cc1ccco1)C(=O)Cn1nnc(-c2ccc(F)cc2)n1. The number of nitrogens with one attached hydrogen (secondary N) is 1. The lowest BCUT2D eigenvalue weighted by molar-refractivity contribution is -0.142. The Balaban J connectivity index is 1.75. The average Bonchev–Trinajstić information content (AvgIpc) is 3.46. The van der Waals surface area contributed by atoms with Gasteiger partial charge >= 0.3 is 0 Å². The van der Waals surface area contributed by atoms with Crippen molar-refractivity contribution in [2.45, 2.75) is 52.7 Å². The maximum Gasteiger partial charge on any atom is 0.247 e. The third-order valence-electron chi connectivity index (χ3n) is 5.15. The molecule has 33 heavy (non-hydrogen) atoms. The quantitative estimate of drug-likeness (QED) is 0.475. The molecule has 0 radical (unpaired) electrons. The summed E-state index contributed by atoms with van der Waals surface area (Å²) in [7, 11) is 0. The average molecular weight is 457 g/mol. The minimum absolute atomic E-state index is 0.140. The van der Waals surface area contributed by atoms with Crippen molar-refractivity contribution in [3.63, 3.8) is 0 Å². The van der Waals surface area contributed by atoms with Crippen molar-refractivity contribution in [2.24, 2.45) is 5.92 Å². The summed E-state index contributed by atoms with van der Waals surface area (Å²) in [6.45, 7) is 6.51. The summed E-state index contributed by atoms with van der Waals surface area (Å²) in [6.07, 6.45) is 2.81. The van der Waals surface area contributed by atoms with Crippen molar-refractivity contribution in [3.8, 4) is 11.4 Å². The van der Waals surface area contributed by atoms with Crippen molar-refractivity contribution in [1.29, 1.82) is 0 Å². The van der Waals surface area contributed by atoms with Crippen molar-refractivity contribution < 1.29 is 18.4 Å². The summed E-state index contributed by atoms with van der Waals surface area (Å²) < 4.78 is 18.6. The highest BCUT2D eigenvalue weighted by atomic mass is 19.1. The molecule has 0 aliphatic heterocycles. The van der Waals surface area contributed by atoms with E-state index in [4.69, 9.17) is 4.42 Å². The smallest absolute Gasteiger partial charge is 0.247 e. The van der Waals surface area contributed by atoms with Gasteiger partial charge in [-0.2, -0.15) is 4.80 Å². The van der Waals surface area contributed by atoms with E-state index in [2.05, 4.69) is 34.6 Å². The van der Waals surface area contributed by atoms with Crippen molar-refractivity contribution in [1.82, 2.24) is 30.4 Å². The number of tetrazole rings is 1. The maximum absolute atomic E-state index is 13.2. The fourth-order valence-corrected chi connectivity index (χ4v) is 3.33. The van der Waals surface area contributed by atoms with Crippen LogP contribution >= 0.6 is 0 Å². The summed E-state index contributed by atoms with van der Waals surface area (Å²) >= 11 is 0. The lowest BCUT2D eigenvalue weighted by Gasteiger charge is -2.29. The second kappa shape index (κ2) is 11.3. The van der Waals surface area contributed by atoms with E-state index in [0.29, 0.717) is 30.2 Å². The second-order valence-electron chi connectivity index (χ2n) is 8.15. The van der Waals surface area contributed by atoms with E-state index in [0.717, 1.165) is 6.42 Å². The Hall–Kier alpha value is -3.56. The highest BCUT2D eigenvalue weighted by Crippen LogP contribution is 2.16. The molecule has 1 unspecified atom stereocenters. The molecule has 9 nitrogen and oxygen atoms in total. The Morgan fingerprint density at radius 3 is 2.61 bits per heavy atom. The van der Waals surface area contributed by atoms with Gasteiger partial charge in [0.15, 0.2) is 0 Å². The molecule has 3 rings (SSSR count). The molecule has 0 aliphatic carbocycles. The van der Waals surface area contributed by atoms with Gasteiger partial charge in [0.2, 0.25) is 17.6 Å². The molecular weight excluding hydrogens is 427 g/mol. The fraction of sp³-hybridized carbons (Fsp3) is 0.435. The van der Waals surface area contributed by atoms with Crippen LogP contribution in [-0.4, -0.2) is 49.5 Å². The van der Waals surface area contributed by atoms with Crippen LogP contribution in [0, 0.1) is 11.7 Å². The van der Waals surface area contributed by atoms with Crippen LogP contribution < -0.4 is 5.32 Å². The first kappa shape index (κ1) is 24.1. The molecule has 1 aromatic carbocycles. The number of carbonyl (C=O) groups is 2. The van der Waals surface area contributed by atoms with E-state index in [1.54, 1.807) is 12.1 Å². The number of furan rings is 1. The molecule has 176 valence electrons. The topological polar surface area (TPSA) is 106 Å². The molecule has 1 N–H and O–H groups in total. The number of nitrogens with zero attached hydrogens (tertiary/aromatic N) is 5. The summed E-state index contributed by atoms with van der Waals surface area (Å²) in [5.41, 5.74) is 0.582. The Morgan fingerprint density at radius 2 is 1.97 bits per heavy atom. The van der Waals surface area contributed by atoms with Gasteiger partial charge in [0.1, 0.15) is 24.2 Å². The van der Waals surface area contributed by atoms with E-state index in [9.17, 15) is 14.0 Å². The Kier molecular flexibility index (Phi) is 8.28. The number of halogens is 1. The maximum atomic E-state index is 13.2. The fourth-order valence-electron chi connectivity index (χ4n) is 3.33. The minimum Gasteiger partial charge on any atom is -0.467 e. The van der Waals surface area contributed by atoms with Crippen LogP contribution in [0.25, 0.3) is 11.4 Å². The molecule has 2 aromatic heterocycles. The zero-order valence-corrected chi connectivity index (χ0v) is 19.1. The number of hydrogen-bond acceptors (Lipinski definition) is 6. The summed E-state index contributed by atoms with van der Waals surface area (Å²) in [4.78, 5) is 28.8. The van der Waals surface area contributed by atoms with Crippen molar-refractivity contribution in [3.05, 3.63) is 54.2 Å². The van der Waals surface area contributed by atoms with Gasteiger partial charge in [0.25, 0.3) is 0 Å². The van der Waals surface area contributed by atoms with E-state index in [1.165, 1.54) is 40.2 Å². The van der Waals surface area contributed by atoms with E-state index in [-0.39, 0.29) is 36.5 Å². The summed E-state index contributed by atoms with van der Waals surface area (Å²) in [5, 5.41) is 15.1. The largest absolute Gasteiger partial charge is 0.467 e. The molecule has 1 atom stereocenters. The molecule has 10 heteroatoms. The van der Waals surface area contributed by atoms with Crippen LogP contribution in [0.4, 0.5) is 4.39 Å². The summed E-state index contributed by atoms with van der Waals surface area (Å²) in [6, 6.07) is 8.49. The molecule has 0 fully saturated rings. The third-order valence-corrected chi connectivity index (χ3v) is 5.15. The van der Waals surface area contributed by atoms with Crippen molar-refractivity contribution in [2.75, 3.05) is 6.54 Å². The molecule has 0 saturated heterocycles. The number of benzene rings is 1. The van der Waals surface area contributed by atoms with E-state index >= 15 is 0 Å². The molecule has 0 aliphatic rings. The first-order valence-electron chi connectivity index (χ1n) is 11.0. The monoisotopic (exact) mass is 456 g/mol. The van der Waals surface area contributed by atoms with Gasteiger partial charge in [-0.15, -0.1) is 10.2 Å². The van der Waals surface area contributed by atoms with Crippen LogP contribution in [0.3, 0.4) is 0 Å². The van der Waals surface area contributed by atoms with Crippen LogP contribution in [-0.2, 0) is 22.7 Å². The molecule has 2 amide bonds. The molecular formula is C23H29FN6O3. The summed E-state index contributed by atoms with van der Waals surface area (Å²) in [5.74, 6) is 0.373. The van der Waals surface area contributed by atoms with Gasteiger partial charge in [-0.05, 0) is 60.4 Å². The van der Waals surface area contributed by atoms with Gasteiger partial charge in [-0.25, -0.2) is 4.39 Å². The van der Waals surface area contributed by atoms with Crippen molar-refractivity contribution >= 4 is 11.8 Å².